The third kappa shape index (κ3) is 4.81. The molecule has 1 amide bonds. The van der Waals surface area contributed by atoms with Crippen LogP contribution in [0.1, 0.15) is 23.6 Å². The summed E-state index contributed by atoms with van der Waals surface area (Å²) in [4.78, 5) is 12.3. The monoisotopic (exact) mass is 292 g/mol. The summed E-state index contributed by atoms with van der Waals surface area (Å²) in [6, 6.07) is 7.90. The van der Waals surface area contributed by atoms with Gasteiger partial charge >= 0.3 is 0 Å². The summed E-state index contributed by atoms with van der Waals surface area (Å²) in [7, 11) is 1.65. The second-order valence-corrected chi connectivity index (χ2v) is 5.09. The number of fused-ring (bicyclic) bond motifs is 1. The van der Waals surface area contributed by atoms with Crippen LogP contribution in [-0.4, -0.2) is 45.9 Å². The molecule has 1 heterocycles. The van der Waals surface area contributed by atoms with Crippen molar-refractivity contribution >= 4 is 5.91 Å². The molecule has 2 N–H and O–H groups in total. The van der Waals surface area contributed by atoms with Crippen LogP contribution in [0, 0.1) is 0 Å². The number of methoxy groups -OCH3 is 1. The zero-order chi connectivity index (χ0) is 14.9. The Labute approximate surface area is 126 Å². The fourth-order valence-electron chi connectivity index (χ4n) is 2.47. The van der Waals surface area contributed by atoms with E-state index < -0.39 is 0 Å². The topological polar surface area (TPSA) is 59.6 Å². The van der Waals surface area contributed by atoms with E-state index in [9.17, 15) is 4.79 Å². The largest absolute Gasteiger partial charge is 0.382 e. The molecule has 1 aromatic rings. The van der Waals surface area contributed by atoms with Gasteiger partial charge in [0, 0.05) is 26.8 Å². The zero-order valence-corrected chi connectivity index (χ0v) is 12.6. The average Bonchev–Trinajstić information content (AvgIpc) is 2.53. The molecule has 0 aromatic heterocycles. The maximum atomic E-state index is 12.3. The van der Waals surface area contributed by atoms with Gasteiger partial charge in [0.25, 0.3) is 0 Å². The van der Waals surface area contributed by atoms with Gasteiger partial charge in [-0.15, -0.1) is 0 Å². The van der Waals surface area contributed by atoms with Crippen molar-refractivity contribution in [1.82, 2.24) is 10.6 Å². The second kappa shape index (κ2) is 8.77. The highest BCUT2D eigenvalue weighted by atomic mass is 16.5. The zero-order valence-electron chi connectivity index (χ0n) is 12.6. The Kier molecular flexibility index (Phi) is 6.66. The van der Waals surface area contributed by atoms with Crippen LogP contribution in [0.25, 0.3) is 0 Å². The van der Waals surface area contributed by atoms with Gasteiger partial charge in [-0.25, -0.2) is 0 Å². The third-order valence-corrected chi connectivity index (χ3v) is 3.57. The van der Waals surface area contributed by atoms with Crippen molar-refractivity contribution in [2.45, 2.75) is 18.9 Å². The second-order valence-electron chi connectivity index (χ2n) is 5.09. The maximum absolute atomic E-state index is 12.3. The van der Waals surface area contributed by atoms with Crippen molar-refractivity contribution in [3.63, 3.8) is 0 Å². The lowest BCUT2D eigenvalue weighted by Crippen LogP contribution is -2.41. The van der Waals surface area contributed by atoms with Crippen LogP contribution in [0.3, 0.4) is 0 Å². The molecule has 1 aromatic carbocycles. The normalized spacial score (nSPS) is 17.3. The standard InChI is InChI=1S/C16H24N2O3/c1-20-11-12-21-10-4-8-18-16(19)15-14-6-3-2-5-13(14)7-9-17-15/h2-3,5-6,15,17H,4,7-12H2,1H3,(H,18,19). The highest BCUT2D eigenvalue weighted by Crippen LogP contribution is 2.22. The number of hydrogen-bond donors (Lipinski definition) is 2. The van der Waals surface area contributed by atoms with Gasteiger partial charge in [0.05, 0.1) is 13.2 Å². The molecule has 21 heavy (non-hydrogen) atoms. The van der Waals surface area contributed by atoms with Gasteiger partial charge in [0.15, 0.2) is 0 Å². The predicted molar refractivity (Wildman–Crippen MR) is 81.2 cm³/mol. The van der Waals surface area contributed by atoms with E-state index in [1.165, 1.54) is 5.56 Å². The Morgan fingerprint density at radius 3 is 3.05 bits per heavy atom. The van der Waals surface area contributed by atoms with Crippen molar-refractivity contribution in [2.75, 3.05) is 40.0 Å². The SMILES string of the molecule is COCCOCCCNC(=O)C1NCCc2ccccc21. The quantitative estimate of drug-likeness (QED) is 0.703. The number of carbonyl (C=O) groups excluding carboxylic acids is 1. The van der Waals surface area contributed by atoms with Crippen molar-refractivity contribution in [1.29, 1.82) is 0 Å². The molecule has 2 rings (SSSR count). The van der Waals surface area contributed by atoms with Crippen LogP contribution in [0.5, 0.6) is 0 Å². The number of amides is 1. The molecule has 0 bridgehead atoms. The van der Waals surface area contributed by atoms with Crippen LogP contribution < -0.4 is 10.6 Å². The first-order chi connectivity index (χ1) is 10.3. The smallest absolute Gasteiger partial charge is 0.241 e. The van der Waals surface area contributed by atoms with Crippen molar-refractivity contribution < 1.29 is 14.3 Å². The van der Waals surface area contributed by atoms with Gasteiger partial charge in [-0.3, -0.25) is 4.79 Å². The van der Waals surface area contributed by atoms with Gasteiger partial charge in [-0.05, 0) is 24.0 Å². The van der Waals surface area contributed by atoms with Crippen LogP contribution >= 0.6 is 0 Å². The molecule has 5 nitrogen and oxygen atoms in total. The van der Waals surface area contributed by atoms with Crippen molar-refractivity contribution in [3.8, 4) is 0 Å². The molecule has 1 atom stereocenters. The molecule has 1 unspecified atom stereocenters. The first-order valence-corrected chi connectivity index (χ1v) is 7.48. The number of carbonyl (C=O) groups is 1. The Bertz CT molecular complexity index is 451. The van der Waals surface area contributed by atoms with E-state index in [-0.39, 0.29) is 11.9 Å². The Hall–Kier alpha value is -1.43. The molecule has 1 aliphatic heterocycles. The summed E-state index contributed by atoms with van der Waals surface area (Å²) in [6.07, 6.45) is 1.79. The minimum absolute atomic E-state index is 0.0408. The lowest BCUT2D eigenvalue weighted by Gasteiger charge is -2.26. The van der Waals surface area contributed by atoms with Gasteiger partial charge in [0.1, 0.15) is 6.04 Å². The molecule has 0 saturated carbocycles. The minimum atomic E-state index is -0.232. The van der Waals surface area contributed by atoms with E-state index in [1.807, 2.05) is 18.2 Å². The fraction of sp³-hybridized carbons (Fsp3) is 0.562. The van der Waals surface area contributed by atoms with Gasteiger partial charge in [0.2, 0.25) is 5.91 Å². The summed E-state index contributed by atoms with van der Waals surface area (Å²) in [5.74, 6) is 0.0408. The molecular formula is C16H24N2O3. The number of nitrogens with one attached hydrogen (secondary N) is 2. The number of benzene rings is 1. The highest BCUT2D eigenvalue weighted by molar-refractivity contribution is 5.83. The first kappa shape index (κ1) is 15.9. The van der Waals surface area contributed by atoms with E-state index >= 15 is 0 Å². The summed E-state index contributed by atoms with van der Waals surface area (Å²) in [5, 5.41) is 6.26. The lowest BCUT2D eigenvalue weighted by molar-refractivity contribution is -0.123. The molecule has 116 valence electrons. The Morgan fingerprint density at radius 2 is 2.19 bits per heavy atom. The van der Waals surface area contributed by atoms with E-state index in [0.29, 0.717) is 26.4 Å². The van der Waals surface area contributed by atoms with Crippen molar-refractivity contribution in [2.24, 2.45) is 0 Å². The predicted octanol–water partition coefficient (Wildman–Crippen LogP) is 1.04. The molecule has 0 radical (unpaired) electrons. The fourth-order valence-corrected chi connectivity index (χ4v) is 2.47. The Balaban J connectivity index is 1.72. The van der Waals surface area contributed by atoms with E-state index in [0.717, 1.165) is 24.9 Å². The summed E-state index contributed by atoms with van der Waals surface area (Å²) < 4.78 is 10.3. The van der Waals surface area contributed by atoms with E-state index in [2.05, 4.69) is 16.7 Å². The summed E-state index contributed by atoms with van der Waals surface area (Å²) in [6.45, 7) is 3.32. The van der Waals surface area contributed by atoms with Crippen LogP contribution in [0.4, 0.5) is 0 Å². The third-order valence-electron chi connectivity index (χ3n) is 3.57. The van der Waals surface area contributed by atoms with Crippen LogP contribution in [0.2, 0.25) is 0 Å². The molecule has 0 aliphatic carbocycles. The first-order valence-electron chi connectivity index (χ1n) is 7.48. The summed E-state index contributed by atoms with van der Waals surface area (Å²) >= 11 is 0. The van der Waals surface area contributed by atoms with Gasteiger partial charge < -0.3 is 20.1 Å². The van der Waals surface area contributed by atoms with Crippen LogP contribution in [-0.2, 0) is 20.7 Å². The molecule has 5 heteroatoms. The summed E-state index contributed by atoms with van der Waals surface area (Å²) in [5.41, 5.74) is 2.36. The van der Waals surface area contributed by atoms with E-state index in [1.54, 1.807) is 7.11 Å². The molecule has 0 spiro atoms. The Morgan fingerprint density at radius 1 is 1.33 bits per heavy atom. The van der Waals surface area contributed by atoms with Gasteiger partial charge in [-0.1, -0.05) is 24.3 Å². The number of ether oxygens (including phenoxy) is 2. The molecular weight excluding hydrogens is 268 g/mol. The average molecular weight is 292 g/mol. The van der Waals surface area contributed by atoms with Crippen LogP contribution in [0.15, 0.2) is 24.3 Å². The van der Waals surface area contributed by atoms with E-state index in [4.69, 9.17) is 9.47 Å². The molecule has 1 aliphatic rings. The molecule has 0 saturated heterocycles. The number of rotatable bonds is 8. The van der Waals surface area contributed by atoms with Gasteiger partial charge in [-0.2, -0.15) is 0 Å². The number of hydrogen-bond acceptors (Lipinski definition) is 4. The van der Waals surface area contributed by atoms with Crippen molar-refractivity contribution in [3.05, 3.63) is 35.4 Å². The molecule has 0 fully saturated rings. The maximum Gasteiger partial charge on any atom is 0.241 e. The highest BCUT2D eigenvalue weighted by Gasteiger charge is 2.25. The minimum Gasteiger partial charge on any atom is -0.382 e. The lowest BCUT2D eigenvalue weighted by atomic mass is 9.94.